The van der Waals surface area contributed by atoms with Crippen LogP contribution in [0.25, 0.3) is 10.9 Å². The molecule has 2 atom stereocenters. The molecule has 1 fully saturated rings. The smallest absolute Gasteiger partial charge is 0.261 e. The number of nitrogens with zero attached hydrogens (tertiary/aromatic N) is 3. The maximum atomic E-state index is 12.8. The molecule has 0 unspecified atom stereocenters. The third-order valence-corrected chi connectivity index (χ3v) is 5.48. The van der Waals surface area contributed by atoms with E-state index in [-0.39, 0.29) is 5.56 Å². The molecule has 2 aliphatic heterocycles. The molecule has 110 valence electrons. The molecule has 3 heterocycles. The van der Waals surface area contributed by atoms with Gasteiger partial charge in [-0.2, -0.15) is 0 Å². The molecule has 0 spiro atoms. The Morgan fingerprint density at radius 2 is 2.14 bits per heavy atom. The van der Waals surface area contributed by atoms with Gasteiger partial charge in [0.1, 0.15) is 5.82 Å². The van der Waals surface area contributed by atoms with Crippen LogP contribution in [0.1, 0.15) is 31.0 Å². The third kappa shape index (κ3) is 2.06. The molecule has 2 aliphatic rings. The average Bonchev–Trinajstić information content (AvgIpc) is 2.48. The zero-order valence-corrected chi connectivity index (χ0v) is 13.6. The Bertz CT molecular complexity index is 770. The first kappa shape index (κ1) is 13.5. The zero-order valence-electron chi connectivity index (χ0n) is 12.1. The van der Waals surface area contributed by atoms with Crippen LogP contribution in [0.4, 0.5) is 0 Å². The first-order valence-electron chi connectivity index (χ1n) is 7.55. The van der Waals surface area contributed by atoms with Crippen LogP contribution >= 0.6 is 15.9 Å². The highest BCUT2D eigenvalue weighted by Crippen LogP contribution is 2.36. The molecule has 0 radical (unpaired) electrons. The van der Waals surface area contributed by atoms with Crippen molar-refractivity contribution in [3.8, 4) is 0 Å². The molecule has 0 saturated carbocycles. The van der Waals surface area contributed by atoms with Gasteiger partial charge in [-0.25, -0.2) is 4.98 Å². The van der Waals surface area contributed by atoms with Gasteiger partial charge in [0.25, 0.3) is 5.56 Å². The highest BCUT2D eigenvalue weighted by atomic mass is 79.9. The van der Waals surface area contributed by atoms with Crippen LogP contribution < -0.4 is 5.56 Å². The SMILES string of the molecule is CN1CCC[C@@H]2c3nc4ccc(Br)cc4c(=O)n3CC[C@H]21. The first-order valence-corrected chi connectivity index (χ1v) is 8.34. The van der Waals surface area contributed by atoms with Gasteiger partial charge in [0.2, 0.25) is 0 Å². The molecule has 0 aliphatic carbocycles. The topological polar surface area (TPSA) is 38.1 Å². The lowest BCUT2D eigenvalue weighted by Crippen LogP contribution is -2.47. The fourth-order valence-electron chi connectivity index (χ4n) is 3.92. The highest BCUT2D eigenvalue weighted by molar-refractivity contribution is 9.10. The Morgan fingerprint density at radius 1 is 1.29 bits per heavy atom. The van der Waals surface area contributed by atoms with Gasteiger partial charge in [0, 0.05) is 23.0 Å². The molecular weight excluding hydrogens is 330 g/mol. The maximum absolute atomic E-state index is 12.8. The molecule has 0 bridgehead atoms. The minimum Gasteiger partial charge on any atom is -0.303 e. The molecule has 1 aromatic heterocycles. The normalized spacial score (nSPS) is 25.6. The predicted octanol–water partition coefficient (Wildman–Crippen LogP) is 2.74. The van der Waals surface area contributed by atoms with Gasteiger partial charge < -0.3 is 4.90 Å². The lowest BCUT2D eigenvalue weighted by molar-refractivity contribution is 0.123. The van der Waals surface area contributed by atoms with E-state index >= 15 is 0 Å². The summed E-state index contributed by atoms with van der Waals surface area (Å²) in [5, 5.41) is 0.718. The first-order chi connectivity index (χ1) is 10.1. The molecule has 1 saturated heterocycles. The van der Waals surface area contributed by atoms with E-state index in [2.05, 4.69) is 27.9 Å². The van der Waals surface area contributed by atoms with Crippen LogP contribution in [-0.2, 0) is 6.54 Å². The van der Waals surface area contributed by atoms with E-state index < -0.39 is 0 Å². The number of benzene rings is 1. The number of piperidine rings is 1. The molecule has 0 amide bonds. The van der Waals surface area contributed by atoms with Gasteiger partial charge in [-0.1, -0.05) is 15.9 Å². The summed E-state index contributed by atoms with van der Waals surface area (Å²) in [6, 6.07) is 6.33. The van der Waals surface area contributed by atoms with Crippen LogP contribution in [0, 0.1) is 0 Å². The highest BCUT2D eigenvalue weighted by Gasteiger charge is 2.36. The van der Waals surface area contributed by atoms with Crippen LogP contribution in [-0.4, -0.2) is 34.1 Å². The lowest BCUT2D eigenvalue weighted by atomic mass is 9.84. The monoisotopic (exact) mass is 347 g/mol. The molecule has 0 N–H and O–H groups in total. The number of likely N-dealkylation sites (N-methyl/N-ethyl adjacent to an activating group) is 1. The predicted molar refractivity (Wildman–Crippen MR) is 86.7 cm³/mol. The Kier molecular flexibility index (Phi) is 3.15. The van der Waals surface area contributed by atoms with Crippen LogP contribution in [0.15, 0.2) is 27.5 Å². The van der Waals surface area contributed by atoms with E-state index in [1.54, 1.807) is 0 Å². The summed E-state index contributed by atoms with van der Waals surface area (Å²) in [5.74, 6) is 1.40. The number of rotatable bonds is 0. The summed E-state index contributed by atoms with van der Waals surface area (Å²) in [6.45, 7) is 1.95. The number of halogens is 1. The molecule has 4 nitrogen and oxygen atoms in total. The van der Waals surface area contributed by atoms with Crippen LogP contribution in [0.2, 0.25) is 0 Å². The van der Waals surface area contributed by atoms with E-state index in [9.17, 15) is 4.79 Å². The minimum atomic E-state index is 0.114. The summed E-state index contributed by atoms with van der Waals surface area (Å²) in [6.07, 6.45) is 3.38. The van der Waals surface area contributed by atoms with Crippen LogP contribution in [0.3, 0.4) is 0 Å². The largest absolute Gasteiger partial charge is 0.303 e. The van der Waals surface area contributed by atoms with Crippen molar-refractivity contribution in [1.29, 1.82) is 0 Å². The number of aromatic nitrogens is 2. The molecule has 5 heteroatoms. The Hall–Kier alpha value is -1.20. The summed E-state index contributed by atoms with van der Waals surface area (Å²) >= 11 is 3.44. The van der Waals surface area contributed by atoms with E-state index in [4.69, 9.17) is 4.98 Å². The number of fused-ring (bicyclic) bond motifs is 4. The van der Waals surface area contributed by atoms with Gasteiger partial charge >= 0.3 is 0 Å². The Labute approximate surface area is 131 Å². The summed E-state index contributed by atoms with van der Waals surface area (Å²) in [4.78, 5) is 20.1. The second-order valence-electron chi connectivity index (χ2n) is 6.17. The van der Waals surface area contributed by atoms with Crippen LogP contribution in [0.5, 0.6) is 0 Å². The lowest BCUT2D eigenvalue weighted by Gasteiger charge is -2.42. The summed E-state index contributed by atoms with van der Waals surface area (Å²) in [5.41, 5.74) is 0.936. The number of hydrogen-bond donors (Lipinski definition) is 0. The van der Waals surface area contributed by atoms with Crippen molar-refractivity contribution >= 4 is 26.8 Å². The minimum absolute atomic E-state index is 0.114. The Balaban J connectivity index is 1.94. The summed E-state index contributed by atoms with van der Waals surface area (Å²) < 4.78 is 2.84. The van der Waals surface area contributed by atoms with Gasteiger partial charge in [-0.05, 0) is 51.1 Å². The van der Waals surface area contributed by atoms with Crippen molar-refractivity contribution in [2.45, 2.75) is 37.8 Å². The molecule has 21 heavy (non-hydrogen) atoms. The fraction of sp³-hybridized carbons (Fsp3) is 0.500. The Morgan fingerprint density at radius 3 is 3.00 bits per heavy atom. The molecular formula is C16H18BrN3O. The van der Waals surface area contributed by atoms with Gasteiger partial charge in [-0.15, -0.1) is 0 Å². The van der Waals surface area contributed by atoms with Crippen molar-refractivity contribution in [3.05, 3.63) is 38.9 Å². The van der Waals surface area contributed by atoms with Crippen molar-refractivity contribution in [2.75, 3.05) is 13.6 Å². The van der Waals surface area contributed by atoms with Crippen molar-refractivity contribution in [2.24, 2.45) is 0 Å². The van der Waals surface area contributed by atoms with Crippen molar-refractivity contribution in [3.63, 3.8) is 0 Å². The second kappa shape index (κ2) is 4.92. The summed E-state index contributed by atoms with van der Waals surface area (Å²) in [7, 11) is 2.20. The standard InChI is InChI=1S/C16H18BrN3O/c1-19-7-2-3-11-14(19)6-8-20-15(11)18-13-5-4-10(17)9-12(13)16(20)21/h4-5,9,11,14H,2-3,6-8H2,1H3/t11-,14+/m0/s1. The van der Waals surface area contributed by atoms with E-state index in [1.807, 2.05) is 22.8 Å². The third-order valence-electron chi connectivity index (χ3n) is 4.98. The second-order valence-corrected chi connectivity index (χ2v) is 7.09. The van der Waals surface area contributed by atoms with Gasteiger partial charge in [0.15, 0.2) is 0 Å². The zero-order chi connectivity index (χ0) is 14.6. The average molecular weight is 348 g/mol. The van der Waals surface area contributed by atoms with Gasteiger partial charge in [-0.3, -0.25) is 9.36 Å². The van der Waals surface area contributed by atoms with E-state index in [0.717, 1.165) is 47.1 Å². The van der Waals surface area contributed by atoms with Crippen molar-refractivity contribution in [1.82, 2.24) is 14.5 Å². The molecule has 4 rings (SSSR count). The molecule has 2 aromatic rings. The maximum Gasteiger partial charge on any atom is 0.261 e. The van der Waals surface area contributed by atoms with E-state index in [0.29, 0.717) is 12.0 Å². The van der Waals surface area contributed by atoms with Crippen molar-refractivity contribution < 1.29 is 0 Å². The van der Waals surface area contributed by atoms with Gasteiger partial charge in [0.05, 0.1) is 10.9 Å². The quantitative estimate of drug-likeness (QED) is 0.735. The number of hydrogen-bond acceptors (Lipinski definition) is 3. The molecule has 1 aromatic carbocycles. The number of likely N-dealkylation sites (tertiary alicyclic amines) is 1. The fourth-order valence-corrected chi connectivity index (χ4v) is 4.28. The van der Waals surface area contributed by atoms with E-state index in [1.165, 1.54) is 6.42 Å².